The van der Waals surface area contributed by atoms with Crippen molar-refractivity contribution in [3.05, 3.63) is 41.5 Å². The smallest absolute Gasteiger partial charge is 0.308 e. The fourth-order valence-electron chi connectivity index (χ4n) is 5.85. The van der Waals surface area contributed by atoms with Crippen LogP contribution in [-0.2, 0) is 64.5 Å². The second-order valence-corrected chi connectivity index (χ2v) is 18.4. The number of aliphatic hydroxyl groups is 1. The highest BCUT2D eigenvalue weighted by Crippen LogP contribution is 2.26. The van der Waals surface area contributed by atoms with Gasteiger partial charge in [0, 0.05) is 42.0 Å². The maximum Gasteiger partial charge on any atom is 0.308 e. The Morgan fingerprint density at radius 2 is 1.58 bits per heavy atom. The number of carbonyl (C=O) groups is 7. The van der Waals surface area contributed by atoms with Crippen LogP contribution in [0.25, 0.3) is 0 Å². The number of aliphatic hydroxyl groups excluding tert-OH is 1. The van der Waals surface area contributed by atoms with Gasteiger partial charge in [0.15, 0.2) is 0 Å². The Bertz CT molecular complexity index is 1980. The molecule has 3 atom stereocenters. The molecule has 364 valence electrons. The van der Waals surface area contributed by atoms with Crippen LogP contribution >= 0.6 is 0 Å². The fraction of sp³-hybridized carbons (Fsp3) is 0.622. The van der Waals surface area contributed by atoms with Crippen LogP contribution in [0.3, 0.4) is 0 Å². The van der Waals surface area contributed by atoms with E-state index in [4.69, 9.17) is 18.8 Å². The SMILES string of the molecule is CC.CC(C)C.CC(C)C(=O)OCc1ccc(NC(=O)CNC(=O)C(NC(=O)CN2C(=O)C(N3C(=O)C=CC3=O)CC2COCCS(=O)(=O)O)C(C)C)cc1C#CCOC(C)(C)CCO. The van der Waals surface area contributed by atoms with Crippen molar-refractivity contribution in [2.45, 2.75) is 119 Å². The molecule has 3 unspecified atom stereocenters. The van der Waals surface area contributed by atoms with Crippen LogP contribution in [0.5, 0.6) is 0 Å². The summed E-state index contributed by atoms with van der Waals surface area (Å²) < 4.78 is 47.7. The van der Waals surface area contributed by atoms with E-state index in [1.54, 1.807) is 45.9 Å². The number of nitrogens with zero attached hydrogens (tertiary/aromatic N) is 2. The Kier molecular flexibility index (Phi) is 24.9. The standard InChI is InChI=1S/C39H53N5O14S.C4H10.C2H6/c1-24(2)35(42-32(47)21-43-29(23-56-16-17-59(53,54)55)19-30(37(43)51)44-33(48)11-12-34(44)49)36(50)40-20-31(46)41-28-10-9-27(22-57-38(52)25(3)4)26(18-28)8-7-15-58-39(5,6)13-14-45;1-4(2)3;1-2/h9-12,18,24-25,29-30,35,45H,13-17,19-23H2,1-6H3,(H,40,50)(H,41,46)(H,42,47)(H,53,54,55);4H,1-3H3;1-2H3. The Balaban J connectivity index is 0.00000333. The first-order valence-electron chi connectivity index (χ1n) is 21.6. The molecule has 19 nitrogen and oxygen atoms in total. The molecule has 1 aromatic rings. The van der Waals surface area contributed by atoms with Crippen molar-refractivity contribution < 1.29 is 65.8 Å². The van der Waals surface area contributed by atoms with Gasteiger partial charge in [-0.1, -0.05) is 80.2 Å². The van der Waals surface area contributed by atoms with Crippen molar-refractivity contribution in [2.24, 2.45) is 17.8 Å². The predicted octanol–water partition coefficient (Wildman–Crippen LogP) is 2.60. The van der Waals surface area contributed by atoms with Crippen molar-refractivity contribution >= 4 is 57.2 Å². The van der Waals surface area contributed by atoms with Crippen molar-refractivity contribution in [1.82, 2.24) is 20.4 Å². The molecule has 1 aromatic carbocycles. The van der Waals surface area contributed by atoms with E-state index in [1.165, 1.54) is 0 Å². The van der Waals surface area contributed by atoms with Crippen molar-refractivity contribution in [3.8, 4) is 11.8 Å². The minimum Gasteiger partial charge on any atom is -0.461 e. The van der Waals surface area contributed by atoms with Crippen LogP contribution in [0.1, 0.15) is 100 Å². The molecule has 3 rings (SSSR count). The first-order valence-corrected chi connectivity index (χ1v) is 23.2. The average molecular weight is 936 g/mol. The molecule has 5 N–H and O–H groups in total. The van der Waals surface area contributed by atoms with Gasteiger partial charge in [0.1, 0.15) is 25.3 Å². The van der Waals surface area contributed by atoms with Gasteiger partial charge in [0.25, 0.3) is 21.9 Å². The zero-order valence-corrected chi connectivity index (χ0v) is 40.3. The highest BCUT2D eigenvalue weighted by Gasteiger charge is 2.47. The number of anilines is 1. The lowest BCUT2D eigenvalue weighted by molar-refractivity contribution is -0.148. The molecule has 0 aromatic heterocycles. The summed E-state index contributed by atoms with van der Waals surface area (Å²) in [5.41, 5.74) is 0.723. The van der Waals surface area contributed by atoms with Gasteiger partial charge >= 0.3 is 5.97 Å². The molecule has 1 saturated heterocycles. The molecule has 65 heavy (non-hydrogen) atoms. The van der Waals surface area contributed by atoms with Gasteiger partial charge in [-0.15, -0.1) is 0 Å². The lowest BCUT2D eigenvalue weighted by atomic mass is 10.0. The zero-order valence-electron chi connectivity index (χ0n) is 39.5. The van der Waals surface area contributed by atoms with Gasteiger partial charge in [-0.25, -0.2) is 0 Å². The minimum atomic E-state index is -4.34. The summed E-state index contributed by atoms with van der Waals surface area (Å²) in [6.07, 6.45) is 2.29. The third kappa shape index (κ3) is 21.1. The maximum absolute atomic E-state index is 13.5. The lowest BCUT2D eigenvalue weighted by Gasteiger charge is -2.27. The molecule has 2 aliphatic heterocycles. The molecular weight excluding hydrogens is 867 g/mol. The molecule has 0 spiro atoms. The Hall–Kier alpha value is -5.20. The quantitative estimate of drug-likeness (QED) is 0.0390. The number of ether oxygens (including phenoxy) is 3. The second-order valence-electron chi connectivity index (χ2n) is 16.9. The lowest BCUT2D eigenvalue weighted by Crippen LogP contribution is -2.54. The summed E-state index contributed by atoms with van der Waals surface area (Å²) in [5.74, 6) is 0.428. The molecule has 0 radical (unpaired) electrons. The first-order chi connectivity index (χ1) is 30.3. The maximum atomic E-state index is 13.5. The highest BCUT2D eigenvalue weighted by atomic mass is 32.2. The fourth-order valence-corrected chi connectivity index (χ4v) is 6.18. The third-order valence-electron chi connectivity index (χ3n) is 9.16. The number of amides is 6. The minimum absolute atomic E-state index is 0.0380. The number of hydrogen-bond donors (Lipinski definition) is 5. The van der Waals surface area contributed by atoms with Gasteiger partial charge in [0.2, 0.25) is 23.6 Å². The Morgan fingerprint density at radius 3 is 2.14 bits per heavy atom. The van der Waals surface area contributed by atoms with Crippen LogP contribution in [0.2, 0.25) is 0 Å². The number of imide groups is 1. The van der Waals surface area contributed by atoms with E-state index in [2.05, 4.69) is 48.6 Å². The molecular formula is C45H69N5O14S. The van der Waals surface area contributed by atoms with Crippen LogP contribution in [-0.4, -0.2) is 138 Å². The molecule has 20 heteroatoms. The van der Waals surface area contributed by atoms with Gasteiger partial charge in [-0.3, -0.25) is 43.0 Å². The van der Waals surface area contributed by atoms with Crippen molar-refractivity contribution in [2.75, 3.05) is 50.6 Å². The van der Waals surface area contributed by atoms with Crippen molar-refractivity contribution in [1.29, 1.82) is 0 Å². The summed E-state index contributed by atoms with van der Waals surface area (Å²) in [6.45, 7) is 18.9. The van der Waals surface area contributed by atoms with E-state index in [1.807, 2.05) is 27.7 Å². The topological polar surface area (TPSA) is 264 Å². The highest BCUT2D eigenvalue weighted by molar-refractivity contribution is 7.85. The largest absolute Gasteiger partial charge is 0.461 e. The summed E-state index contributed by atoms with van der Waals surface area (Å²) in [7, 11) is -4.34. The van der Waals surface area contributed by atoms with Crippen LogP contribution in [0.15, 0.2) is 30.4 Å². The number of hydrogen-bond acceptors (Lipinski definition) is 13. The zero-order chi connectivity index (χ0) is 49.7. The number of esters is 1. The second kappa shape index (κ2) is 28.0. The molecule has 1 fully saturated rings. The Labute approximate surface area is 383 Å². The molecule has 0 aliphatic carbocycles. The van der Waals surface area contributed by atoms with E-state index in [9.17, 15) is 47.1 Å². The van der Waals surface area contributed by atoms with E-state index in [0.717, 1.165) is 27.9 Å². The third-order valence-corrected chi connectivity index (χ3v) is 9.85. The van der Waals surface area contributed by atoms with Gasteiger partial charge in [-0.05, 0) is 44.2 Å². The summed E-state index contributed by atoms with van der Waals surface area (Å²) in [6, 6.07) is 1.46. The molecule has 6 amide bonds. The van der Waals surface area contributed by atoms with E-state index in [-0.39, 0.29) is 38.8 Å². The van der Waals surface area contributed by atoms with Gasteiger partial charge in [0.05, 0.1) is 49.6 Å². The molecule has 2 aliphatic rings. The number of carbonyl (C=O) groups excluding carboxylic acids is 7. The van der Waals surface area contributed by atoms with E-state index >= 15 is 0 Å². The molecule has 0 saturated carbocycles. The molecule has 2 heterocycles. The average Bonchev–Trinajstić information content (AvgIpc) is 3.70. The van der Waals surface area contributed by atoms with E-state index < -0.39 is 107 Å². The van der Waals surface area contributed by atoms with Crippen LogP contribution in [0.4, 0.5) is 5.69 Å². The number of benzene rings is 1. The number of likely N-dealkylation sites (tertiary alicyclic amines) is 1. The summed E-state index contributed by atoms with van der Waals surface area (Å²) in [4.78, 5) is 91.7. The summed E-state index contributed by atoms with van der Waals surface area (Å²) >= 11 is 0. The predicted molar refractivity (Wildman–Crippen MR) is 242 cm³/mol. The van der Waals surface area contributed by atoms with Crippen LogP contribution < -0.4 is 16.0 Å². The first kappa shape index (κ1) is 57.8. The summed E-state index contributed by atoms with van der Waals surface area (Å²) in [5, 5.41) is 17.0. The van der Waals surface area contributed by atoms with Gasteiger partial charge in [-0.2, -0.15) is 8.42 Å². The number of rotatable bonds is 21. The number of nitrogens with one attached hydrogen (secondary N) is 3. The monoisotopic (exact) mass is 935 g/mol. The Morgan fingerprint density at radius 1 is 0.969 bits per heavy atom. The molecule has 0 bridgehead atoms. The van der Waals surface area contributed by atoms with E-state index in [0.29, 0.717) is 23.2 Å². The van der Waals surface area contributed by atoms with Crippen molar-refractivity contribution in [3.63, 3.8) is 0 Å². The van der Waals surface area contributed by atoms with Crippen LogP contribution in [0, 0.1) is 29.6 Å². The normalized spacial score (nSPS) is 16.3. The van der Waals surface area contributed by atoms with Gasteiger partial charge < -0.3 is 40.2 Å².